The second-order valence-electron chi connectivity index (χ2n) is 15.2. The lowest BCUT2D eigenvalue weighted by Gasteiger charge is -2.43. The maximum Gasteiger partial charge on any atom is 0.410 e. The highest BCUT2D eigenvalue weighted by Gasteiger charge is 2.41. The fraction of sp³-hybridized carbons (Fsp3) is 0.658. The van der Waals surface area contributed by atoms with Crippen LogP contribution >= 0.6 is 0 Å². The normalized spacial score (nSPS) is 18.7. The number of nitrogens with one attached hydrogen (secondary N) is 2. The summed E-state index contributed by atoms with van der Waals surface area (Å²) in [6.07, 6.45) is 8.31. The maximum atomic E-state index is 13.2. The van der Waals surface area contributed by atoms with Gasteiger partial charge in [-0.1, -0.05) is 19.8 Å². The van der Waals surface area contributed by atoms with Crippen LogP contribution in [0.5, 0.6) is 5.75 Å². The molecule has 0 spiro atoms. The number of anilines is 4. The number of piperazine rings is 1. The average Bonchev–Trinajstić information content (AvgIpc) is 3.66. The van der Waals surface area contributed by atoms with Gasteiger partial charge in [-0.3, -0.25) is 9.59 Å². The molecule has 0 radical (unpaired) electrons. The molecule has 3 aliphatic rings. The number of amides is 3. The quantitative estimate of drug-likeness (QED) is 0.262. The zero-order valence-corrected chi connectivity index (χ0v) is 32.2. The largest absolute Gasteiger partial charge is 0.495 e. The lowest BCUT2D eigenvalue weighted by Crippen LogP contribution is -2.55. The first-order valence-electron chi connectivity index (χ1n) is 18.9. The molecular formula is C38H59N9O5. The topological polar surface area (TPSA) is 136 Å². The third-order valence-electron chi connectivity index (χ3n) is 10.2. The zero-order chi connectivity index (χ0) is 37.4. The Morgan fingerprint density at radius 1 is 1.04 bits per heavy atom. The summed E-state index contributed by atoms with van der Waals surface area (Å²) in [4.78, 5) is 58.4. The van der Waals surface area contributed by atoms with Gasteiger partial charge >= 0.3 is 6.09 Å². The molecule has 1 saturated heterocycles. The van der Waals surface area contributed by atoms with Crippen molar-refractivity contribution in [3.63, 3.8) is 0 Å². The number of nitrogens with zero attached hydrogens (tertiary/aromatic N) is 7. The van der Waals surface area contributed by atoms with Crippen LogP contribution in [0.15, 0.2) is 24.4 Å². The summed E-state index contributed by atoms with van der Waals surface area (Å²) < 4.78 is 11.1. The first-order chi connectivity index (χ1) is 24.9. The first-order valence-corrected chi connectivity index (χ1v) is 18.9. The van der Waals surface area contributed by atoms with E-state index in [2.05, 4.69) is 37.2 Å². The van der Waals surface area contributed by atoms with E-state index >= 15 is 0 Å². The Morgan fingerprint density at radius 3 is 2.35 bits per heavy atom. The second-order valence-corrected chi connectivity index (χ2v) is 15.2. The molecule has 1 saturated carbocycles. The van der Waals surface area contributed by atoms with E-state index in [1.54, 1.807) is 49.3 Å². The number of fused-ring (bicyclic) bond motifs is 1. The van der Waals surface area contributed by atoms with Gasteiger partial charge in [-0.15, -0.1) is 0 Å². The molecule has 286 valence electrons. The lowest BCUT2D eigenvalue weighted by molar-refractivity contribution is -0.120. The van der Waals surface area contributed by atoms with Gasteiger partial charge in [0.2, 0.25) is 11.9 Å². The molecule has 14 nitrogen and oxygen atoms in total. The Bertz CT molecular complexity index is 1540. The summed E-state index contributed by atoms with van der Waals surface area (Å²) in [5.74, 6) is 1.61. The molecule has 1 atom stereocenters. The van der Waals surface area contributed by atoms with Crippen molar-refractivity contribution in [2.75, 3.05) is 88.7 Å². The van der Waals surface area contributed by atoms with E-state index in [0.717, 1.165) is 83.6 Å². The minimum absolute atomic E-state index is 0.0783. The minimum Gasteiger partial charge on any atom is -0.495 e. The zero-order valence-electron chi connectivity index (χ0n) is 32.2. The summed E-state index contributed by atoms with van der Waals surface area (Å²) in [5.41, 5.74) is 1.39. The fourth-order valence-corrected chi connectivity index (χ4v) is 7.31. The smallest absolute Gasteiger partial charge is 0.410 e. The van der Waals surface area contributed by atoms with Crippen LogP contribution in [0, 0.1) is 0 Å². The van der Waals surface area contributed by atoms with Crippen molar-refractivity contribution >= 4 is 41.0 Å². The molecule has 2 N–H and O–H groups in total. The average molecular weight is 722 g/mol. The third kappa shape index (κ3) is 9.82. The predicted molar refractivity (Wildman–Crippen MR) is 204 cm³/mol. The summed E-state index contributed by atoms with van der Waals surface area (Å²) in [6.45, 7) is 14.8. The molecule has 1 aromatic heterocycles. The maximum absolute atomic E-state index is 13.2. The molecule has 0 bridgehead atoms. The molecule has 14 heteroatoms. The van der Waals surface area contributed by atoms with E-state index in [-0.39, 0.29) is 30.0 Å². The van der Waals surface area contributed by atoms with Crippen molar-refractivity contribution < 1.29 is 23.9 Å². The first kappa shape index (κ1) is 39.0. The number of rotatable bonds is 14. The molecule has 52 heavy (non-hydrogen) atoms. The van der Waals surface area contributed by atoms with Crippen LogP contribution in [0.3, 0.4) is 0 Å². The van der Waals surface area contributed by atoms with Crippen molar-refractivity contribution in [3.05, 3.63) is 30.0 Å². The van der Waals surface area contributed by atoms with Gasteiger partial charge in [0.05, 0.1) is 19.0 Å². The number of carbonyl (C=O) groups excluding carboxylic acids is 3. The van der Waals surface area contributed by atoms with Crippen LogP contribution in [0.4, 0.5) is 27.9 Å². The number of ether oxygens (including phenoxy) is 2. The number of hydrogen-bond acceptors (Lipinski definition) is 11. The van der Waals surface area contributed by atoms with Crippen LogP contribution in [0.1, 0.15) is 83.0 Å². The number of hydrogen-bond donors (Lipinski definition) is 2. The van der Waals surface area contributed by atoms with Gasteiger partial charge in [0.1, 0.15) is 23.1 Å². The van der Waals surface area contributed by atoms with Gasteiger partial charge < -0.3 is 44.6 Å². The van der Waals surface area contributed by atoms with Crippen LogP contribution in [0.25, 0.3) is 0 Å². The number of methoxy groups -OCH3 is 1. The summed E-state index contributed by atoms with van der Waals surface area (Å²) in [6, 6.07) is 5.34. The molecule has 1 aliphatic carbocycles. The van der Waals surface area contributed by atoms with Crippen molar-refractivity contribution in [2.24, 2.45) is 0 Å². The van der Waals surface area contributed by atoms with Crippen molar-refractivity contribution in [1.82, 2.24) is 30.0 Å². The molecule has 2 aromatic rings. The van der Waals surface area contributed by atoms with Crippen molar-refractivity contribution in [3.8, 4) is 5.75 Å². The van der Waals surface area contributed by atoms with Crippen LogP contribution in [-0.2, 0) is 9.53 Å². The SMILES string of the molecule is CC[C@@H]1C(=O)N(C)c2cnc(Nc3ccc(C(=O)NCCCN4CCN(CCCN(C)C(=O)OC(C)(C)C)CC4)cc3OC)nc2N1C1CCCC1. The van der Waals surface area contributed by atoms with E-state index in [1.807, 2.05) is 26.8 Å². The highest BCUT2D eigenvalue weighted by Crippen LogP contribution is 2.40. The monoisotopic (exact) mass is 721 g/mol. The van der Waals surface area contributed by atoms with Gasteiger partial charge in [-0.2, -0.15) is 4.98 Å². The molecule has 3 amide bonds. The standard InChI is InChI=1S/C38H59N9O5/c1-8-30-35(49)44(6)31-26-40-36(42-33(31)47(30)28-13-9-10-14-28)41-29-16-15-27(25-32(29)51-7)34(48)39-17-11-19-45-21-23-46(24-22-45)20-12-18-43(5)37(50)52-38(2,3)4/h15-16,25-26,28,30H,8-14,17-24H2,1-7H3,(H,39,48)(H,40,41,42)/t30-/m1/s1. The van der Waals surface area contributed by atoms with Crippen molar-refractivity contribution in [1.29, 1.82) is 0 Å². The van der Waals surface area contributed by atoms with Crippen LogP contribution < -0.4 is 25.2 Å². The number of likely N-dealkylation sites (N-methyl/N-ethyl adjacent to an activating group) is 1. The van der Waals surface area contributed by atoms with Gasteiger partial charge in [-0.05, 0) is 84.2 Å². The Morgan fingerprint density at radius 2 is 1.71 bits per heavy atom. The van der Waals surface area contributed by atoms with Crippen molar-refractivity contribution in [2.45, 2.75) is 90.3 Å². The molecular weight excluding hydrogens is 662 g/mol. The van der Waals surface area contributed by atoms with E-state index < -0.39 is 5.60 Å². The third-order valence-corrected chi connectivity index (χ3v) is 10.2. The second kappa shape index (κ2) is 17.6. The van der Waals surface area contributed by atoms with Crippen LogP contribution in [0.2, 0.25) is 0 Å². The molecule has 3 heterocycles. The molecule has 5 rings (SSSR count). The number of benzene rings is 1. The van der Waals surface area contributed by atoms with E-state index in [1.165, 1.54) is 0 Å². The predicted octanol–water partition coefficient (Wildman–Crippen LogP) is 4.73. The van der Waals surface area contributed by atoms with Gasteiger partial charge in [-0.25, -0.2) is 9.78 Å². The molecule has 2 fully saturated rings. The molecule has 2 aliphatic heterocycles. The fourth-order valence-electron chi connectivity index (χ4n) is 7.31. The summed E-state index contributed by atoms with van der Waals surface area (Å²) in [5, 5.41) is 6.35. The van der Waals surface area contributed by atoms with E-state index in [4.69, 9.17) is 14.5 Å². The summed E-state index contributed by atoms with van der Waals surface area (Å²) >= 11 is 0. The number of aromatic nitrogens is 2. The lowest BCUT2D eigenvalue weighted by atomic mass is 10.0. The Kier molecular flexibility index (Phi) is 13.2. The van der Waals surface area contributed by atoms with Crippen LogP contribution in [-0.4, -0.2) is 134 Å². The Hall–Kier alpha value is -4.17. The molecule has 0 unspecified atom stereocenters. The number of carbonyl (C=O) groups is 3. The minimum atomic E-state index is -0.485. The Balaban J connectivity index is 1.07. The van der Waals surface area contributed by atoms with Gasteiger partial charge in [0, 0.05) is 65.0 Å². The highest BCUT2D eigenvalue weighted by atomic mass is 16.6. The van der Waals surface area contributed by atoms with Gasteiger partial charge in [0.15, 0.2) is 5.82 Å². The summed E-state index contributed by atoms with van der Waals surface area (Å²) in [7, 11) is 5.16. The van der Waals surface area contributed by atoms with Gasteiger partial charge in [0.25, 0.3) is 5.91 Å². The molecule has 1 aromatic carbocycles. The van der Waals surface area contributed by atoms with E-state index in [0.29, 0.717) is 48.1 Å². The van der Waals surface area contributed by atoms with E-state index in [9.17, 15) is 14.4 Å². The Labute approximate surface area is 309 Å². The highest BCUT2D eigenvalue weighted by molar-refractivity contribution is 6.04.